The van der Waals surface area contributed by atoms with Crippen LogP contribution in [0, 0.1) is 0 Å². The molecule has 2 heterocycles. The summed E-state index contributed by atoms with van der Waals surface area (Å²) in [7, 11) is 0. The zero-order chi connectivity index (χ0) is 20.9. The number of aromatic hydroxyl groups is 1. The van der Waals surface area contributed by atoms with Crippen LogP contribution in [0.25, 0.3) is 16.7 Å². The highest BCUT2D eigenvalue weighted by molar-refractivity contribution is 5.98. The lowest BCUT2D eigenvalue weighted by atomic mass is 10.1. The standard InChI is InChI=1S/C21H22N4O4/c1-5-22(6-2)20(27)14-7-9-16-18(11-14)25-23(16)24(25)17-10-8-15(12-19(17)26)29-21(28)13(3)4/h7-12,26H,3,5-6H2,1-2,4H3. The van der Waals surface area contributed by atoms with Crippen LogP contribution in [0.4, 0.5) is 0 Å². The van der Waals surface area contributed by atoms with Crippen LogP contribution < -0.4 is 4.74 Å². The van der Waals surface area contributed by atoms with Gasteiger partial charge in [0.15, 0.2) is 0 Å². The Morgan fingerprint density at radius 1 is 1.07 bits per heavy atom. The number of carbonyl (C=O) groups is 2. The summed E-state index contributed by atoms with van der Waals surface area (Å²) in [4.78, 5) is 27.8. The number of fused-ring (bicyclic) bond motifs is 4. The molecule has 0 atom stereocenters. The van der Waals surface area contributed by atoms with Crippen molar-refractivity contribution in [3.05, 3.63) is 54.1 Å². The minimum atomic E-state index is -0.547. The van der Waals surface area contributed by atoms with Gasteiger partial charge in [-0.1, -0.05) is 6.58 Å². The molecule has 29 heavy (non-hydrogen) atoms. The summed E-state index contributed by atoms with van der Waals surface area (Å²) in [6, 6.07) is 10.2. The van der Waals surface area contributed by atoms with Crippen molar-refractivity contribution in [1.82, 2.24) is 19.0 Å². The predicted molar refractivity (Wildman–Crippen MR) is 108 cm³/mol. The van der Waals surface area contributed by atoms with E-state index in [9.17, 15) is 14.7 Å². The summed E-state index contributed by atoms with van der Waals surface area (Å²) in [5, 5.41) is 10.4. The van der Waals surface area contributed by atoms with Crippen LogP contribution in [0.1, 0.15) is 31.1 Å². The van der Waals surface area contributed by atoms with E-state index in [1.807, 2.05) is 41.3 Å². The van der Waals surface area contributed by atoms with Gasteiger partial charge >= 0.3 is 5.97 Å². The molecule has 1 amide bonds. The maximum absolute atomic E-state index is 12.6. The lowest BCUT2D eigenvalue weighted by Crippen LogP contribution is -2.30. The molecule has 150 valence electrons. The zero-order valence-corrected chi connectivity index (χ0v) is 16.5. The molecule has 0 fully saturated rings. The van der Waals surface area contributed by atoms with Gasteiger partial charge in [-0.2, -0.15) is 0 Å². The van der Waals surface area contributed by atoms with Gasteiger partial charge in [-0.05, 0) is 51.1 Å². The van der Waals surface area contributed by atoms with Crippen molar-refractivity contribution in [1.29, 1.82) is 0 Å². The van der Waals surface area contributed by atoms with E-state index in [1.54, 1.807) is 28.8 Å². The number of nitrogens with zero attached hydrogens (tertiary/aromatic N) is 4. The van der Waals surface area contributed by atoms with E-state index in [0.717, 1.165) is 11.0 Å². The molecule has 0 unspecified atom stereocenters. The number of amides is 1. The van der Waals surface area contributed by atoms with Crippen LogP contribution in [0.5, 0.6) is 11.5 Å². The summed E-state index contributed by atoms with van der Waals surface area (Å²) in [5.41, 5.74) is 3.27. The Morgan fingerprint density at radius 3 is 2.38 bits per heavy atom. The first-order valence-electron chi connectivity index (χ1n) is 9.41. The normalized spacial score (nSPS) is 11.4. The van der Waals surface area contributed by atoms with Crippen molar-refractivity contribution < 1.29 is 19.4 Å². The third-order valence-electron chi connectivity index (χ3n) is 4.93. The van der Waals surface area contributed by atoms with Crippen LogP contribution in [-0.2, 0) is 4.79 Å². The van der Waals surface area contributed by atoms with Gasteiger partial charge in [0.2, 0.25) is 0 Å². The fourth-order valence-electron chi connectivity index (χ4n) is 3.30. The largest absolute Gasteiger partial charge is 0.505 e. The molecule has 0 aliphatic carbocycles. The van der Waals surface area contributed by atoms with Gasteiger partial charge in [0, 0.05) is 30.3 Å². The SMILES string of the molecule is C=C(C)C(=O)Oc1ccc(-n2n3c4ccc(C(=O)N(CC)CC)cc4n23)c(O)c1. The molecule has 0 spiro atoms. The molecule has 0 aliphatic rings. The summed E-state index contributed by atoms with van der Waals surface area (Å²) in [5.74, 6) is -0.342. The molecular weight excluding hydrogens is 372 g/mol. The minimum Gasteiger partial charge on any atom is -0.505 e. The third-order valence-corrected chi connectivity index (χ3v) is 4.93. The number of hydrogen-bond acceptors (Lipinski definition) is 4. The van der Waals surface area contributed by atoms with E-state index in [1.165, 1.54) is 6.07 Å². The number of hydrogen-bond donors (Lipinski definition) is 1. The Balaban J connectivity index is 1.64. The molecule has 0 radical (unpaired) electrons. The predicted octanol–water partition coefficient (Wildman–Crippen LogP) is 3.09. The molecule has 2 aromatic carbocycles. The van der Waals surface area contributed by atoms with Gasteiger partial charge in [0.25, 0.3) is 5.91 Å². The summed E-state index contributed by atoms with van der Waals surface area (Å²) >= 11 is 0. The first kappa shape index (κ1) is 18.7. The molecule has 0 saturated carbocycles. The monoisotopic (exact) mass is 394 g/mol. The summed E-state index contributed by atoms with van der Waals surface area (Å²) in [6.45, 7) is 10.3. The van der Waals surface area contributed by atoms with Crippen LogP contribution in [0.2, 0.25) is 0 Å². The Kier molecular flexibility index (Phi) is 4.34. The van der Waals surface area contributed by atoms with E-state index in [0.29, 0.717) is 24.3 Å². The average molecular weight is 394 g/mol. The highest BCUT2D eigenvalue weighted by Crippen LogP contribution is 2.33. The van der Waals surface area contributed by atoms with E-state index in [-0.39, 0.29) is 23.0 Å². The van der Waals surface area contributed by atoms with Crippen molar-refractivity contribution in [2.75, 3.05) is 13.1 Å². The van der Waals surface area contributed by atoms with Gasteiger partial charge in [-0.3, -0.25) is 4.79 Å². The maximum Gasteiger partial charge on any atom is 0.338 e. The molecule has 4 aromatic rings. The van der Waals surface area contributed by atoms with Gasteiger partial charge in [0.1, 0.15) is 28.2 Å². The van der Waals surface area contributed by atoms with Gasteiger partial charge < -0.3 is 14.7 Å². The van der Waals surface area contributed by atoms with Crippen molar-refractivity contribution >= 4 is 22.9 Å². The topological polar surface area (TPSA) is 80.6 Å². The van der Waals surface area contributed by atoms with E-state index in [2.05, 4.69) is 6.58 Å². The minimum absolute atomic E-state index is 0.00354. The van der Waals surface area contributed by atoms with Crippen LogP contribution in [-0.4, -0.2) is 49.0 Å². The Labute approximate surface area is 167 Å². The molecule has 8 heteroatoms. The lowest BCUT2D eigenvalue weighted by molar-refractivity contribution is -0.130. The number of benzene rings is 2. The maximum atomic E-state index is 12.6. The Bertz CT molecular complexity index is 1240. The molecule has 0 bridgehead atoms. The third kappa shape index (κ3) is 2.93. The number of aromatic nitrogens is 3. The second-order valence-corrected chi connectivity index (χ2v) is 6.87. The van der Waals surface area contributed by atoms with Crippen molar-refractivity contribution in [2.24, 2.45) is 0 Å². The highest BCUT2D eigenvalue weighted by Gasteiger charge is 2.27. The zero-order valence-electron chi connectivity index (χ0n) is 16.5. The number of rotatable bonds is 6. The summed E-state index contributed by atoms with van der Waals surface area (Å²) in [6.07, 6.45) is 0. The number of esters is 1. The lowest BCUT2D eigenvalue weighted by Gasteiger charge is -2.18. The molecule has 8 nitrogen and oxygen atoms in total. The Morgan fingerprint density at radius 2 is 1.76 bits per heavy atom. The molecule has 2 aromatic heterocycles. The quantitative estimate of drug-likeness (QED) is 0.310. The van der Waals surface area contributed by atoms with E-state index >= 15 is 0 Å². The Hall–Kier alpha value is -3.68. The number of phenolic OH excluding ortho intramolecular Hbond substituents is 1. The van der Waals surface area contributed by atoms with Crippen molar-refractivity contribution in [3.63, 3.8) is 0 Å². The summed E-state index contributed by atoms with van der Waals surface area (Å²) < 4.78 is 8.86. The van der Waals surface area contributed by atoms with Gasteiger partial charge in [0.05, 0.1) is 0 Å². The fraction of sp³-hybridized carbons (Fsp3) is 0.238. The molecule has 4 rings (SSSR count). The number of ether oxygens (including phenoxy) is 1. The number of phenols is 1. The second-order valence-electron chi connectivity index (χ2n) is 6.87. The van der Waals surface area contributed by atoms with E-state index in [4.69, 9.17) is 4.74 Å². The van der Waals surface area contributed by atoms with Crippen LogP contribution in [0.3, 0.4) is 0 Å². The average Bonchev–Trinajstić information content (AvgIpc) is 3.35. The fourth-order valence-corrected chi connectivity index (χ4v) is 3.30. The first-order chi connectivity index (χ1) is 13.9. The highest BCUT2D eigenvalue weighted by atomic mass is 16.5. The van der Waals surface area contributed by atoms with E-state index < -0.39 is 5.97 Å². The van der Waals surface area contributed by atoms with Crippen molar-refractivity contribution in [2.45, 2.75) is 20.8 Å². The van der Waals surface area contributed by atoms with Crippen LogP contribution >= 0.6 is 0 Å². The first-order valence-corrected chi connectivity index (χ1v) is 9.41. The second kappa shape index (κ2) is 6.73. The van der Waals surface area contributed by atoms with Gasteiger partial charge in [-0.15, -0.1) is 14.1 Å². The molecule has 0 saturated heterocycles. The van der Waals surface area contributed by atoms with Crippen molar-refractivity contribution in [3.8, 4) is 17.2 Å². The molecule has 1 N–H and O–H groups in total. The smallest absolute Gasteiger partial charge is 0.338 e. The van der Waals surface area contributed by atoms with Gasteiger partial charge in [-0.25, -0.2) is 4.79 Å². The molecule has 0 aliphatic heterocycles. The van der Waals surface area contributed by atoms with Crippen LogP contribution in [0.15, 0.2) is 48.6 Å². The number of carbonyl (C=O) groups excluding carboxylic acids is 2. The molecular formula is C21H22N4O4.